The van der Waals surface area contributed by atoms with Crippen molar-refractivity contribution in [2.75, 3.05) is 13.2 Å². The van der Waals surface area contributed by atoms with Crippen LogP contribution in [0.25, 0.3) is 0 Å². The summed E-state index contributed by atoms with van der Waals surface area (Å²) in [6.45, 7) is 4.41. The summed E-state index contributed by atoms with van der Waals surface area (Å²) in [6.07, 6.45) is 10.2. The minimum absolute atomic E-state index is 0.142. The Hall–Kier alpha value is -1.49. The van der Waals surface area contributed by atoms with Crippen LogP contribution in [-0.4, -0.2) is 25.3 Å². The Bertz CT molecular complexity index is 483. The molecule has 1 aliphatic rings. The largest absolute Gasteiger partial charge is 0.485 e. The molecular formula is C18H26O4S. The molecule has 23 heavy (non-hydrogen) atoms. The van der Waals surface area contributed by atoms with Crippen LogP contribution in [0.15, 0.2) is 23.4 Å². The van der Waals surface area contributed by atoms with Gasteiger partial charge in [-0.05, 0) is 19.3 Å². The lowest BCUT2D eigenvalue weighted by molar-refractivity contribution is -0.147. The summed E-state index contributed by atoms with van der Waals surface area (Å²) in [6, 6.07) is 0. The third kappa shape index (κ3) is 6.65. The van der Waals surface area contributed by atoms with Crippen LogP contribution in [0.2, 0.25) is 0 Å². The Morgan fingerprint density at radius 1 is 1.22 bits per heavy atom. The molecular weight excluding hydrogens is 312 g/mol. The monoisotopic (exact) mass is 338 g/mol. The van der Waals surface area contributed by atoms with Gasteiger partial charge in [0.25, 0.3) is 0 Å². The molecule has 0 N–H and O–H groups in total. The fourth-order valence-corrected chi connectivity index (χ4v) is 3.14. The van der Waals surface area contributed by atoms with E-state index in [1.807, 2.05) is 16.8 Å². The number of ether oxygens (including phenoxy) is 3. The first-order chi connectivity index (χ1) is 11.3. The Morgan fingerprint density at radius 3 is 2.78 bits per heavy atom. The fourth-order valence-electron chi connectivity index (χ4n) is 2.47. The van der Waals surface area contributed by atoms with E-state index in [-0.39, 0.29) is 18.7 Å². The molecule has 0 fully saturated rings. The van der Waals surface area contributed by atoms with E-state index < -0.39 is 0 Å². The van der Waals surface area contributed by atoms with Crippen molar-refractivity contribution in [1.29, 1.82) is 0 Å². The smallest absolute Gasteiger partial charge is 0.305 e. The Balaban J connectivity index is 1.47. The molecule has 4 nitrogen and oxygen atoms in total. The maximum atomic E-state index is 11.7. The van der Waals surface area contributed by atoms with Gasteiger partial charge in [0.1, 0.15) is 13.2 Å². The number of hydrogen-bond donors (Lipinski definition) is 0. The molecule has 128 valence electrons. The van der Waals surface area contributed by atoms with Crippen LogP contribution in [0.4, 0.5) is 0 Å². The standard InChI is InChI=1S/C18H26O4S/c1-2-3-4-5-6-7-8-9-10-18(19)21-12-15-11-20-16-13-23-14-17(16)22-15/h2,13-15H,1,3-12H2. The van der Waals surface area contributed by atoms with Crippen LogP contribution in [-0.2, 0) is 9.53 Å². The summed E-state index contributed by atoms with van der Waals surface area (Å²) in [5.74, 6) is 1.39. The van der Waals surface area contributed by atoms with E-state index in [1.54, 1.807) is 11.3 Å². The van der Waals surface area contributed by atoms with E-state index in [2.05, 4.69) is 6.58 Å². The van der Waals surface area contributed by atoms with Crippen LogP contribution in [0, 0.1) is 0 Å². The Kier molecular flexibility index (Phi) is 8.01. The molecule has 0 aromatic carbocycles. The molecule has 1 aromatic rings. The zero-order chi connectivity index (χ0) is 16.3. The summed E-state index contributed by atoms with van der Waals surface area (Å²) in [5, 5.41) is 3.81. The summed E-state index contributed by atoms with van der Waals surface area (Å²) < 4.78 is 16.5. The second-order valence-corrected chi connectivity index (χ2v) is 6.53. The number of unbranched alkanes of at least 4 members (excludes halogenated alkanes) is 6. The van der Waals surface area contributed by atoms with Crippen molar-refractivity contribution in [2.45, 2.75) is 57.5 Å². The van der Waals surface area contributed by atoms with E-state index in [0.29, 0.717) is 13.0 Å². The van der Waals surface area contributed by atoms with Crippen LogP contribution >= 0.6 is 11.3 Å². The number of carbonyl (C=O) groups excluding carboxylic acids is 1. The molecule has 5 heteroatoms. The number of hydrogen-bond acceptors (Lipinski definition) is 5. The highest BCUT2D eigenvalue weighted by Gasteiger charge is 2.22. The molecule has 0 aliphatic carbocycles. The zero-order valence-electron chi connectivity index (χ0n) is 13.6. The average Bonchev–Trinajstić information content (AvgIpc) is 3.03. The van der Waals surface area contributed by atoms with Gasteiger partial charge in [0.15, 0.2) is 17.6 Å². The van der Waals surface area contributed by atoms with E-state index in [1.165, 1.54) is 25.7 Å². The first-order valence-corrected chi connectivity index (χ1v) is 9.36. The van der Waals surface area contributed by atoms with Crippen molar-refractivity contribution in [3.05, 3.63) is 23.4 Å². The van der Waals surface area contributed by atoms with Crippen LogP contribution in [0.5, 0.6) is 11.5 Å². The second kappa shape index (κ2) is 10.3. The minimum Gasteiger partial charge on any atom is -0.485 e. The number of esters is 1. The molecule has 0 bridgehead atoms. The molecule has 0 saturated carbocycles. The lowest BCUT2D eigenvalue weighted by atomic mass is 10.1. The van der Waals surface area contributed by atoms with E-state index >= 15 is 0 Å². The Morgan fingerprint density at radius 2 is 1.96 bits per heavy atom. The van der Waals surface area contributed by atoms with Crippen molar-refractivity contribution >= 4 is 17.3 Å². The average molecular weight is 338 g/mol. The molecule has 1 aromatic heterocycles. The summed E-state index contributed by atoms with van der Waals surface area (Å²) in [7, 11) is 0. The van der Waals surface area contributed by atoms with Crippen LogP contribution < -0.4 is 9.47 Å². The minimum atomic E-state index is -0.203. The maximum Gasteiger partial charge on any atom is 0.305 e. The molecule has 1 aliphatic heterocycles. The molecule has 0 saturated heterocycles. The second-order valence-electron chi connectivity index (χ2n) is 5.78. The molecule has 1 atom stereocenters. The summed E-state index contributed by atoms with van der Waals surface area (Å²) >= 11 is 1.54. The third-order valence-corrected chi connectivity index (χ3v) is 4.48. The van der Waals surface area contributed by atoms with Crippen molar-refractivity contribution in [1.82, 2.24) is 0 Å². The normalized spacial score (nSPS) is 16.1. The molecule has 0 radical (unpaired) electrons. The Labute approximate surface area is 142 Å². The van der Waals surface area contributed by atoms with Gasteiger partial charge in [0, 0.05) is 17.2 Å². The van der Waals surface area contributed by atoms with E-state index in [9.17, 15) is 4.79 Å². The fraction of sp³-hybridized carbons (Fsp3) is 0.611. The zero-order valence-corrected chi connectivity index (χ0v) is 14.4. The number of carbonyl (C=O) groups is 1. The van der Waals surface area contributed by atoms with Gasteiger partial charge in [-0.3, -0.25) is 4.79 Å². The predicted molar refractivity (Wildman–Crippen MR) is 92.3 cm³/mol. The topological polar surface area (TPSA) is 44.8 Å². The third-order valence-electron chi connectivity index (χ3n) is 3.78. The van der Waals surface area contributed by atoms with E-state index in [4.69, 9.17) is 14.2 Å². The lowest BCUT2D eigenvalue weighted by Crippen LogP contribution is -2.33. The number of fused-ring (bicyclic) bond motifs is 1. The first kappa shape index (κ1) is 17.9. The number of rotatable bonds is 11. The van der Waals surface area contributed by atoms with E-state index in [0.717, 1.165) is 30.8 Å². The van der Waals surface area contributed by atoms with Crippen molar-refractivity contribution in [3.8, 4) is 11.5 Å². The highest BCUT2D eigenvalue weighted by atomic mass is 32.1. The summed E-state index contributed by atoms with van der Waals surface area (Å²) in [5.41, 5.74) is 0. The van der Waals surface area contributed by atoms with Gasteiger partial charge in [0.05, 0.1) is 0 Å². The molecule has 1 unspecified atom stereocenters. The quantitative estimate of drug-likeness (QED) is 0.332. The summed E-state index contributed by atoms with van der Waals surface area (Å²) in [4.78, 5) is 11.7. The van der Waals surface area contributed by atoms with Gasteiger partial charge < -0.3 is 14.2 Å². The number of allylic oxidation sites excluding steroid dienone is 1. The molecule has 0 spiro atoms. The van der Waals surface area contributed by atoms with Gasteiger partial charge >= 0.3 is 5.97 Å². The maximum absolute atomic E-state index is 11.7. The van der Waals surface area contributed by atoms with Gasteiger partial charge in [-0.25, -0.2) is 0 Å². The SMILES string of the molecule is C=CCCCCCCCCC(=O)OCC1COc2cscc2O1. The van der Waals surface area contributed by atoms with Crippen molar-refractivity contribution in [2.24, 2.45) is 0 Å². The van der Waals surface area contributed by atoms with Gasteiger partial charge in [0.2, 0.25) is 0 Å². The van der Waals surface area contributed by atoms with Crippen molar-refractivity contribution in [3.63, 3.8) is 0 Å². The molecule has 0 amide bonds. The number of thiophene rings is 1. The van der Waals surface area contributed by atoms with Crippen molar-refractivity contribution < 1.29 is 19.0 Å². The highest BCUT2D eigenvalue weighted by molar-refractivity contribution is 7.08. The predicted octanol–water partition coefficient (Wildman–Crippen LogP) is 4.74. The lowest BCUT2D eigenvalue weighted by Gasteiger charge is -2.24. The van der Waals surface area contributed by atoms with Gasteiger partial charge in [-0.1, -0.05) is 31.8 Å². The van der Waals surface area contributed by atoms with Crippen LogP contribution in [0.1, 0.15) is 51.4 Å². The molecule has 2 rings (SSSR count). The van der Waals surface area contributed by atoms with Gasteiger partial charge in [-0.2, -0.15) is 0 Å². The highest BCUT2D eigenvalue weighted by Crippen LogP contribution is 2.35. The van der Waals surface area contributed by atoms with Crippen LogP contribution in [0.3, 0.4) is 0 Å². The first-order valence-electron chi connectivity index (χ1n) is 8.41. The van der Waals surface area contributed by atoms with Gasteiger partial charge in [-0.15, -0.1) is 17.9 Å². The molecule has 2 heterocycles.